The number of halogens is 2. The highest BCUT2D eigenvalue weighted by molar-refractivity contribution is 14.0. The molecule has 1 heterocycles. The van der Waals surface area contributed by atoms with Crippen molar-refractivity contribution < 1.29 is 9.18 Å². The van der Waals surface area contributed by atoms with Gasteiger partial charge in [0.25, 0.3) is 0 Å². The van der Waals surface area contributed by atoms with Crippen LogP contribution in [0.15, 0.2) is 59.6 Å². The zero-order chi connectivity index (χ0) is 21.2. The smallest absolute Gasteiger partial charge is 0.224 e. The Labute approximate surface area is 200 Å². The summed E-state index contributed by atoms with van der Waals surface area (Å²) >= 11 is 0. The summed E-state index contributed by atoms with van der Waals surface area (Å²) in [5.41, 5.74) is 2.14. The Kier molecular flexibility index (Phi) is 10.6. The zero-order valence-electron chi connectivity index (χ0n) is 17.9. The minimum absolute atomic E-state index is 0. The molecule has 8 heteroatoms. The number of carbonyl (C=O) groups is 1. The quantitative estimate of drug-likeness (QED) is 0.323. The van der Waals surface area contributed by atoms with Gasteiger partial charge in [-0.05, 0) is 36.2 Å². The van der Waals surface area contributed by atoms with Gasteiger partial charge in [0.15, 0.2) is 5.96 Å². The zero-order valence-corrected chi connectivity index (χ0v) is 20.2. The Morgan fingerprint density at radius 1 is 1.00 bits per heavy atom. The molecule has 168 valence electrons. The summed E-state index contributed by atoms with van der Waals surface area (Å²) in [7, 11) is 1.70. The molecule has 0 bridgehead atoms. The van der Waals surface area contributed by atoms with E-state index in [0.717, 1.165) is 31.7 Å². The molecule has 6 nitrogen and oxygen atoms in total. The normalized spacial score (nSPS) is 14.1. The third kappa shape index (κ3) is 8.01. The lowest BCUT2D eigenvalue weighted by atomic mass is 10.1. The largest absolute Gasteiger partial charge is 0.368 e. The first-order valence-electron chi connectivity index (χ1n) is 10.4. The van der Waals surface area contributed by atoms with Crippen LogP contribution in [-0.2, 0) is 11.2 Å². The molecule has 1 saturated heterocycles. The molecule has 0 saturated carbocycles. The van der Waals surface area contributed by atoms with E-state index in [1.54, 1.807) is 13.1 Å². The van der Waals surface area contributed by atoms with Crippen molar-refractivity contribution >= 4 is 41.5 Å². The van der Waals surface area contributed by atoms with Gasteiger partial charge in [0.2, 0.25) is 5.91 Å². The van der Waals surface area contributed by atoms with E-state index in [-0.39, 0.29) is 35.7 Å². The van der Waals surface area contributed by atoms with Gasteiger partial charge in [-0.3, -0.25) is 9.79 Å². The molecule has 0 radical (unpaired) electrons. The minimum atomic E-state index is -0.224. The highest BCUT2D eigenvalue weighted by atomic mass is 127. The maximum absolute atomic E-state index is 13.2. The van der Waals surface area contributed by atoms with Gasteiger partial charge >= 0.3 is 0 Å². The highest BCUT2D eigenvalue weighted by Crippen LogP contribution is 2.15. The summed E-state index contributed by atoms with van der Waals surface area (Å²) in [6, 6.07) is 16.9. The van der Waals surface area contributed by atoms with Gasteiger partial charge in [0.05, 0.1) is 0 Å². The Balaban J connectivity index is 0.00000341. The van der Waals surface area contributed by atoms with E-state index in [9.17, 15) is 9.18 Å². The highest BCUT2D eigenvalue weighted by Gasteiger charge is 2.20. The molecule has 1 aliphatic heterocycles. The third-order valence-electron chi connectivity index (χ3n) is 5.20. The van der Waals surface area contributed by atoms with E-state index >= 15 is 0 Å². The molecule has 2 N–H and O–H groups in total. The predicted molar refractivity (Wildman–Crippen MR) is 135 cm³/mol. The van der Waals surface area contributed by atoms with Gasteiger partial charge in [-0.2, -0.15) is 0 Å². The van der Waals surface area contributed by atoms with Gasteiger partial charge in [-0.15, -0.1) is 24.0 Å². The fourth-order valence-electron chi connectivity index (χ4n) is 3.54. The Hall–Kier alpha value is -2.36. The summed E-state index contributed by atoms with van der Waals surface area (Å²) < 4.78 is 13.2. The van der Waals surface area contributed by atoms with Crippen molar-refractivity contribution in [2.75, 3.05) is 51.2 Å². The van der Waals surface area contributed by atoms with Gasteiger partial charge in [0, 0.05) is 58.4 Å². The second-order valence-electron chi connectivity index (χ2n) is 7.26. The number of para-hydroxylation sites is 1. The molecule has 0 unspecified atom stereocenters. The van der Waals surface area contributed by atoms with E-state index < -0.39 is 0 Å². The van der Waals surface area contributed by atoms with Gasteiger partial charge < -0.3 is 20.4 Å². The van der Waals surface area contributed by atoms with Crippen molar-refractivity contribution in [2.24, 2.45) is 4.99 Å². The van der Waals surface area contributed by atoms with E-state index in [1.807, 2.05) is 29.2 Å². The summed E-state index contributed by atoms with van der Waals surface area (Å²) in [4.78, 5) is 20.9. The molecule has 1 aliphatic rings. The molecular weight excluding hydrogens is 508 g/mol. The standard InChI is InChI=1S/C23H30FN5O.HI/c1-25-23(26-12-10-19-6-5-7-20(24)18-19)27-13-11-22(30)29-16-14-28(15-17-29)21-8-3-2-4-9-21;/h2-9,18H,10-17H2,1H3,(H2,25,26,27);1H. The number of benzene rings is 2. The number of hydrogen-bond donors (Lipinski definition) is 2. The molecular formula is C23H31FIN5O. The number of aliphatic imine (C=N–C) groups is 1. The molecule has 1 amide bonds. The summed E-state index contributed by atoms with van der Waals surface area (Å²) in [6.07, 6.45) is 1.12. The fourth-order valence-corrected chi connectivity index (χ4v) is 3.54. The van der Waals surface area contributed by atoms with Crippen LogP contribution in [0.4, 0.5) is 10.1 Å². The molecule has 0 aromatic heterocycles. The van der Waals surface area contributed by atoms with Crippen LogP contribution in [0.1, 0.15) is 12.0 Å². The van der Waals surface area contributed by atoms with Crippen molar-refractivity contribution in [3.05, 3.63) is 66.0 Å². The van der Waals surface area contributed by atoms with Crippen LogP contribution >= 0.6 is 24.0 Å². The maximum atomic E-state index is 13.2. The lowest BCUT2D eigenvalue weighted by molar-refractivity contribution is -0.131. The Bertz CT molecular complexity index is 841. The van der Waals surface area contributed by atoms with Crippen molar-refractivity contribution in [3.8, 4) is 0 Å². The molecule has 2 aromatic rings. The van der Waals surface area contributed by atoms with Crippen molar-refractivity contribution in [1.29, 1.82) is 0 Å². The molecule has 0 atom stereocenters. The number of anilines is 1. The molecule has 0 aliphatic carbocycles. The first kappa shape index (κ1) is 24.9. The lowest BCUT2D eigenvalue weighted by Gasteiger charge is -2.36. The van der Waals surface area contributed by atoms with Crippen LogP contribution in [-0.4, -0.2) is 63.1 Å². The Morgan fingerprint density at radius 2 is 1.71 bits per heavy atom. The topological polar surface area (TPSA) is 60.0 Å². The monoisotopic (exact) mass is 539 g/mol. The predicted octanol–water partition coefficient (Wildman–Crippen LogP) is 2.89. The van der Waals surface area contributed by atoms with Crippen LogP contribution in [0.3, 0.4) is 0 Å². The second kappa shape index (κ2) is 13.1. The van der Waals surface area contributed by atoms with E-state index in [0.29, 0.717) is 31.9 Å². The SMILES string of the molecule is CN=C(NCCC(=O)N1CCN(c2ccccc2)CC1)NCCc1cccc(F)c1.I. The average Bonchev–Trinajstić information content (AvgIpc) is 2.78. The first-order chi connectivity index (χ1) is 14.7. The van der Waals surface area contributed by atoms with Crippen LogP contribution < -0.4 is 15.5 Å². The van der Waals surface area contributed by atoms with E-state index in [1.165, 1.54) is 17.8 Å². The number of amides is 1. The van der Waals surface area contributed by atoms with Crippen molar-refractivity contribution in [2.45, 2.75) is 12.8 Å². The number of piperazine rings is 1. The van der Waals surface area contributed by atoms with Gasteiger partial charge in [-0.25, -0.2) is 4.39 Å². The number of rotatable bonds is 7. The molecule has 1 fully saturated rings. The number of nitrogens with one attached hydrogen (secondary N) is 2. The van der Waals surface area contributed by atoms with E-state index in [2.05, 4.69) is 32.7 Å². The molecule has 3 rings (SSSR count). The maximum Gasteiger partial charge on any atom is 0.224 e. The second-order valence-corrected chi connectivity index (χ2v) is 7.26. The van der Waals surface area contributed by atoms with Crippen LogP contribution in [0.2, 0.25) is 0 Å². The number of hydrogen-bond acceptors (Lipinski definition) is 3. The summed E-state index contributed by atoms with van der Waals surface area (Å²) in [5, 5.41) is 6.38. The van der Waals surface area contributed by atoms with Crippen molar-refractivity contribution in [1.82, 2.24) is 15.5 Å². The fraction of sp³-hybridized carbons (Fsp3) is 0.391. The Morgan fingerprint density at radius 3 is 2.39 bits per heavy atom. The molecule has 2 aromatic carbocycles. The molecule has 0 spiro atoms. The summed E-state index contributed by atoms with van der Waals surface area (Å²) in [5.74, 6) is 0.580. The lowest BCUT2D eigenvalue weighted by Crippen LogP contribution is -2.49. The number of guanidine groups is 1. The molecule has 31 heavy (non-hydrogen) atoms. The van der Waals surface area contributed by atoms with Crippen LogP contribution in [0.25, 0.3) is 0 Å². The van der Waals surface area contributed by atoms with E-state index in [4.69, 9.17) is 0 Å². The number of nitrogens with zero attached hydrogens (tertiary/aromatic N) is 3. The van der Waals surface area contributed by atoms with Gasteiger partial charge in [-0.1, -0.05) is 30.3 Å². The third-order valence-corrected chi connectivity index (χ3v) is 5.20. The van der Waals surface area contributed by atoms with Gasteiger partial charge in [0.1, 0.15) is 5.82 Å². The summed E-state index contributed by atoms with van der Waals surface area (Å²) in [6.45, 7) is 4.36. The first-order valence-corrected chi connectivity index (χ1v) is 10.4. The van der Waals surface area contributed by atoms with Crippen LogP contribution in [0, 0.1) is 5.82 Å². The number of carbonyl (C=O) groups excluding carboxylic acids is 1. The van der Waals surface area contributed by atoms with Crippen molar-refractivity contribution in [3.63, 3.8) is 0 Å². The van der Waals surface area contributed by atoms with Crippen LogP contribution in [0.5, 0.6) is 0 Å². The average molecular weight is 539 g/mol. The minimum Gasteiger partial charge on any atom is -0.368 e.